The van der Waals surface area contributed by atoms with Gasteiger partial charge in [0.2, 0.25) is 0 Å². The fourth-order valence-electron chi connectivity index (χ4n) is 1.68. The van der Waals surface area contributed by atoms with Crippen LogP contribution in [0.2, 0.25) is 10.0 Å². The normalized spacial score (nSPS) is 10.6. The number of aliphatic carboxylic acids is 1. The summed E-state index contributed by atoms with van der Waals surface area (Å²) < 4.78 is 1.66. The number of aryl methyl sites for hydroxylation is 1. The first kappa shape index (κ1) is 13.8. The van der Waals surface area contributed by atoms with E-state index < -0.39 is 5.97 Å². The van der Waals surface area contributed by atoms with Crippen molar-refractivity contribution < 1.29 is 9.90 Å². The maximum absolute atomic E-state index is 10.5. The molecule has 1 aromatic heterocycles. The maximum Gasteiger partial charge on any atom is 0.303 e. The number of rotatable bonds is 5. The van der Waals surface area contributed by atoms with Crippen LogP contribution in [0.5, 0.6) is 0 Å². The number of carbonyl (C=O) groups is 1. The predicted octanol–water partition coefficient (Wildman–Crippen LogP) is 3.12. The van der Waals surface area contributed by atoms with Gasteiger partial charge >= 0.3 is 5.97 Å². The molecule has 0 radical (unpaired) electrons. The molecule has 0 saturated carbocycles. The van der Waals surface area contributed by atoms with E-state index in [1.807, 2.05) is 6.07 Å². The summed E-state index contributed by atoms with van der Waals surface area (Å²) in [6.45, 7) is 0.488. The molecule has 1 N–H and O–H groups in total. The van der Waals surface area contributed by atoms with Crippen molar-refractivity contribution in [2.75, 3.05) is 0 Å². The molecule has 2 rings (SSSR count). The molecule has 0 bridgehead atoms. The Morgan fingerprint density at radius 1 is 1.32 bits per heavy atom. The van der Waals surface area contributed by atoms with Gasteiger partial charge in [-0.05, 0) is 18.6 Å². The van der Waals surface area contributed by atoms with Crippen molar-refractivity contribution in [1.82, 2.24) is 15.0 Å². The highest BCUT2D eigenvalue weighted by Crippen LogP contribution is 2.28. The monoisotopic (exact) mass is 299 g/mol. The number of aromatic nitrogens is 3. The van der Waals surface area contributed by atoms with Gasteiger partial charge in [-0.1, -0.05) is 34.5 Å². The molecule has 0 atom stereocenters. The maximum atomic E-state index is 10.5. The number of hydrogen-bond acceptors (Lipinski definition) is 3. The second-order valence-electron chi connectivity index (χ2n) is 3.97. The number of hydrogen-bond donors (Lipinski definition) is 1. The van der Waals surface area contributed by atoms with Gasteiger partial charge in [-0.2, -0.15) is 0 Å². The summed E-state index contributed by atoms with van der Waals surface area (Å²) >= 11 is 11.8. The highest BCUT2D eigenvalue weighted by atomic mass is 35.5. The summed E-state index contributed by atoms with van der Waals surface area (Å²) in [7, 11) is 0. The lowest BCUT2D eigenvalue weighted by Gasteiger charge is -2.06. The summed E-state index contributed by atoms with van der Waals surface area (Å²) in [6, 6.07) is 5.25. The lowest BCUT2D eigenvalue weighted by Crippen LogP contribution is -2.05. The SMILES string of the molecule is O=C(O)CCCn1nncc1-c1ccc(Cl)c(Cl)c1. The fourth-order valence-corrected chi connectivity index (χ4v) is 1.98. The molecule has 5 nitrogen and oxygen atoms in total. The standard InChI is InChI=1S/C12H11Cl2N3O2/c13-9-4-3-8(6-10(9)14)11-7-15-16-17(11)5-1-2-12(18)19/h3-4,6-7H,1-2,5H2,(H,18,19). The Kier molecular flexibility index (Phi) is 4.39. The molecule has 7 heteroatoms. The minimum absolute atomic E-state index is 0.0979. The van der Waals surface area contributed by atoms with Gasteiger partial charge in [0.05, 0.1) is 21.9 Å². The molecule has 1 aromatic carbocycles. The van der Waals surface area contributed by atoms with Gasteiger partial charge in [-0.3, -0.25) is 4.79 Å². The van der Waals surface area contributed by atoms with Gasteiger partial charge in [0.15, 0.2) is 0 Å². The van der Waals surface area contributed by atoms with Crippen molar-refractivity contribution in [3.05, 3.63) is 34.4 Å². The molecule has 0 spiro atoms. The predicted molar refractivity (Wildman–Crippen MR) is 72.3 cm³/mol. The Morgan fingerprint density at radius 3 is 2.79 bits per heavy atom. The first-order chi connectivity index (χ1) is 9.08. The Morgan fingerprint density at radius 2 is 2.11 bits per heavy atom. The van der Waals surface area contributed by atoms with E-state index in [9.17, 15) is 4.79 Å². The van der Waals surface area contributed by atoms with Crippen LogP contribution in [0, 0.1) is 0 Å². The average Bonchev–Trinajstić information content (AvgIpc) is 2.80. The van der Waals surface area contributed by atoms with Crippen LogP contribution in [-0.4, -0.2) is 26.1 Å². The van der Waals surface area contributed by atoms with Crippen molar-refractivity contribution in [3.8, 4) is 11.3 Å². The van der Waals surface area contributed by atoms with Crippen LogP contribution in [0.15, 0.2) is 24.4 Å². The van der Waals surface area contributed by atoms with Crippen LogP contribution in [-0.2, 0) is 11.3 Å². The summed E-state index contributed by atoms with van der Waals surface area (Å²) in [5.74, 6) is -0.823. The lowest BCUT2D eigenvalue weighted by atomic mass is 10.1. The topological polar surface area (TPSA) is 68.0 Å². The molecule has 100 valence electrons. The van der Waals surface area contributed by atoms with E-state index >= 15 is 0 Å². The van der Waals surface area contributed by atoms with E-state index in [1.165, 1.54) is 0 Å². The zero-order valence-electron chi connectivity index (χ0n) is 9.88. The van der Waals surface area contributed by atoms with Crippen LogP contribution in [0.25, 0.3) is 11.3 Å². The number of halogens is 2. The molecule has 0 aliphatic heterocycles. The van der Waals surface area contributed by atoms with Gasteiger partial charge in [-0.15, -0.1) is 5.10 Å². The molecule has 0 unspecified atom stereocenters. The number of benzene rings is 1. The van der Waals surface area contributed by atoms with E-state index in [4.69, 9.17) is 28.3 Å². The van der Waals surface area contributed by atoms with Crippen LogP contribution < -0.4 is 0 Å². The van der Waals surface area contributed by atoms with Crippen molar-refractivity contribution in [3.63, 3.8) is 0 Å². The molecule has 0 aliphatic rings. The Bertz CT molecular complexity index is 598. The summed E-state index contributed by atoms with van der Waals surface area (Å²) in [4.78, 5) is 10.5. The van der Waals surface area contributed by atoms with Gasteiger partial charge in [0.1, 0.15) is 0 Å². The van der Waals surface area contributed by atoms with E-state index in [0.29, 0.717) is 23.0 Å². The van der Waals surface area contributed by atoms with E-state index in [1.54, 1.807) is 23.0 Å². The van der Waals surface area contributed by atoms with E-state index in [-0.39, 0.29) is 6.42 Å². The molecule has 0 saturated heterocycles. The Balaban J connectivity index is 2.18. The van der Waals surface area contributed by atoms with Crippen molar-refractivity contribution >= 4 is 29.2 Å². The number of carboxylic acid groups (broad SMARTS) is 1. The molecule has 0 aliphatic carbocycles. The third-order valence-electron chi connectivity index (χ3n) is 2.59. The van der Waals surface area contributed by atoms with Crippen LogP contribution in [0.4, 0.5) is 0 Å². The molecule has 1 heterocycles. The molecule has 0 amide bonds. The summed E-state index contributed by atoms with van der Waals surface area (Å²) in [6.07, 6.45) is 2.20. The van der Waals surface area contributed by atoms with E-state index in [0.717, 1.165) is 11.3 Å². The second-order valence-corrected chi connectivity index (χ2v) is 4.78. The van der Waals surface area contributed by atoms with Crippen molar-refractivity contribution in [2.24, 2.45) is 0 Å². The zero-order chi connectivity index (χ0) is 13.8. The first-order valence-corrected chi connectivity index (χ1v) is 6.39. The molecule has 0 fully saturated rings. The molecular formula is C12H11Cl2N3O2. The minimum atomic E-state index is -0.823. The van der Waals surface area contributed by atoms with Gasteiger partial charge < -0.3 is 5.11 Å². The largest absolute Gasteiger partial charge is 0.481 e. The highest BCUT2D eigenvalue weighted by molar-refractivity contribution is 6.42. The highest BCUT2D eigenvalue weighted by Gasteiger charge is 2.09. The smallest absolute Gasteiger partial charge is 0.303 e. The zero-order valence-corrected chi connectivity index (χ0v) is 11.4. The number of carboxylic acids is 1. The van der Waals surface area contributed by atoms with Crippen LogP contribution in [0.1, 0.15) is 12.8 Å². The summed E-state index contributed by atoms with van der Waals surface area (Å²) in [5, 5.41) is 17.3. The molecule has 19 heavy (non-hydrogen) atoms. The minimum Gasteiger partial charge on any atom is -0.481 e. The van der Waals surface area contributed by atoms with Gasteiger partial charge in [0.25, 0.3) is 0 Å². The fraction of sp³-hybridized carbons (Fsp3) is 0.250. The van der Waals surface area contributed by atoms with Gasteiger partial charge in [-0.25, -0.2) is 4.68 Å². The number of nitrogens with zero attached hydrogens (tertiary/aromatic N) is 3. The lowest BCUT2D eigenvalue weighted by molar-refractivity contribution is -0.137. The summed E-state index contributed by atoms with van der Waals surface area (Å²) in [5.41, 5.74) is 1.62. The Hall–Kier alpha value is -1.59. The van der Waals surface area contributed by atoms with Crippen LogP contribution >= 0.6 is 23.2 Å². The van der Waals surface area contributed by atoms with E-state index in [2.05, 4.69) is 10.3 Å². The first-order valence-electron chi connectivity index (χ1n) is 5.63. The van der Waals surface area contributed by atoms with Crippen LogP contribution in [0.3, 0.4) is 0 Å². The third-order valence-corrected chi connectivity index (χ3v) is 3.33. The second kappa shape index (κ2) is 6.04. The van der Waals surface area contributed by atoms with Gasteiger partial charge in [0, 0.05) is 18.5 Å². The third kappa shape index (κ3) is 3.45. The molecular weight excluding hydrogens is 289 g/mol. The van der Waals surface area contributed by atoms with Crippen molar-refractivity contribution in [1.29, 1.82) is 0 Å². The average molecular weight is 300 g/mol. The quantitative estimate of drug-likeness (QED) is 0.921. The molecule has 2 aromatic rings. The van der Waals surface area contributed by atoms with Crippen molar-refractivity contribution in [2.45, 2.75) is 19.4 Å². The Labute approximate surface area is 119 Å².